The summed E-state index contributed by atoms with van der Waals surface area (Å²) in [5.41, 5.74) is 1.18. The lowest BCUT2D eigenvalue weighted by Crippen LogP contribution is -2.10. The molecule has 1 saturated carbocycles. The molecule has 1 aromatic heterocycles. The zero-order chi connectivity index (χ0) is 9.42. The van der Waals surface area contributed by atoms with Crippen LogP contribution < -0.4 is 0 Å². The average molecular weight is 264 g/mol. The van der Waals surface area contributed by atoms with Crippen LogP contribution in [0.3, 0.4) is 0 Å². The Hall–Kier alpha value is -0.0200. The van der Waals surface area contributed by atoms with Gasteiger partial charge in [0.2, 0.25) is 0 Å². The SMILES string of the molecule is Cn1ncc(Cl)c1C1CCCC1Br. The Kier molecular flexibility index (Phi) is 2.65. The van der Waals surface area contributed by atoms with E-state index in [0.29, 0.717) is 10.7 Å². The maximum absolute atomic E-state index is 6.09. The van der Waals surface area contributed by atoms with E-state index in [9.17, 15) is 0 Å². The number of aromatic nitrogens is 2. The first-order valence-electron chi connectivity index (χ1n) is 4.51. The van der Waals surface area contributed by atoms with Gasteiger partial charge in [-0.05, 0) is 12.8 Å². The van der Waals surface area contributed by atoms with E-state index in [-0.39, 0.29) is 0 Å². The predicted molar refractivity (Wildman–Crippen MR) is 57.5 cm³/mol. The van der Waals surface area contributed by atoms with Crippen molar-refractivity contribution in [2.75, 3.05) is 0 Å². The van der Waals surface area contributed by atoms with Gasteiger partial charge in [-0.1, -0.05) is 34.0 Å². The number of rotatable bonds is 1. The molecule has 0 amide bonds. The Morgan fingerprint density at radius 1 is 1.62 bits per heavy atom. The highest BCUT2D eigenvalue weighted by molar-refractivity contribution is 9.09. The lowest BCUT2D eigenvalue weighted by atomic mass is 10.0. The van der Waals surface area contributed by atoms with Crippen LogP contribution in [0.5, 0.6) is 0 Å². The molecule has 1 fully saturated rings. The molecule has 1 aliphatic rings. The third-order valence-corrected chi connectivity index (χ3v) is 4.11. The van der Waals surface area contributed by atoms with Crippen LogP contribution in [0.1, 0.15) is 30.9 Å². The molecule has 13 heavy (non-hydrogen) atoms. The predicted octanol–water partition coefficient (Wildman–Crippen LogP) is 3.10. The van der Waals surface area contributed by atoms with Gasteiger partial charge in [-0.3, -0.25) is 4.68 Å². The summed E-state index contributed by atoms with van der Waals surface area (Å²) in [4.78, 5) is 0.570. The van der Waals surface area contributed by atoms with Gasteiger partial charge in [0, 0.05) is 17.8 Å². The van der Waals surface area contributed by atoms with Gasteiger partial charge in [0.15, 0.2) is 0 Å². The first-order chi connectivity index (χ1) is 6.20. The number of hydrogen-bond donors (Lipinski definition) is 0. The van der Waals surface area contributed by atoms with Gasteiger partial charge >= 0.3 is 0 Å². The van der Waals surface area contributed by atoms with Crippen LogP contribution in [0, 0.1) is 0 Å². The summed E-state index contributed by atoms with van der Waals surface area (Å²) in [6, 6.07) is 0. The molecule has 72 valence electrons. The maximum Gasteiger partial charge on any atom is 0.0821 e. The lowest BCUT2D eigenvalue weighted by Gasteiger charge is -2.14. The fourth-order valence-corrected chi connectivity index (χ4v) is 3.20. The van der Waals surface area contributed by atoms with Crippen molar-refractivity contribution >= 4 is 27.5 Å². The second kappa shape index (κ2) is 3.62. The molecule has 4 heteroatoms. The highest BCUT2D eigenvalue weighted by Gasteiger charge is 2.30. The summed E-state index contributed by atoms with van der Waals surface area (Å²) < 4.78 is 1.90. The zero-order valence-electron chi connectivity index (χ0n) is 7.50. The van der Waals surface area contributed by atoms with Crippen LogP contribution in [-0.2, 0) is 7.05 Å². The fraction of sp³-hybridized carbons (Fsp3) is 0.667. The summed E-state index contributed by atoms with van der Waals surface area (Å²) in [5, 5.41) is 4.96. The minimum Gasteiger partial charge on any atom is -0.271 e. The quantitative estimate of drug-likeness (QED) is 0.712. The van der Waals surface area contributed by atoms with E-state index in [1.807, 2.05) is 11.7 Å². The minimum absolute atomic E-state index is 0.542. The molecule has 1 aromatic rings. The van der Waals surface area contributed by atoms with Crippen molar-refractivity contribution in [2.24, 2.45) is 7.05 Å². The molecule has 0 bridgehead atoms. The van der Waals surface area contributed by atoms with Crippen LogP contribution in [0.4, 0.5) is 0 Å². The first kappa shape index (κ1) is 9.53. The first-order valence-corrected chi connectivity index (χ1v) is 5.81. The number of hydrogen-bond acceptors (Lipinski definition) is 1. The number of alkyl halides is 1. The normalized spacial score (nSPS) is 28.2. The average Bonchev–Trinajstić information content (AvgIpc) is 2.60. The summed E-state index contributed by atoms with van der Waals surface area (Å²) in [5.74, 6) is 0.542. The summed E-state index contributed by atoms with van der Waals surface area (Å²) in [6.45, 7) is 0. The van der Waals surface area contributed by atoms with Gasteiger partial charge in [-0.15, -0.1) is 0 Å². The van der Waals surface area contributed by atoms with Gasteiger partial charge in [0.1, 0.15) is 0 Å². The van der Waals surface area contributed by atoms with Crippen LogP contribution >= 0.6 is 27.5 Å². The molecule has 0 spiro atoms. The minimum atomic E-state index is 0.542. The van der Waals surface area contributed by atoms with E-state index in [0.717, 1.165) is 5.02 Å². The lowest BCUT2D eigenvalue weighted by molar-refractivity contribution is 0.627. The molecule has 0 N–H and O–H groups in total. The number of aryl methyl sites for hydroxylation is 1. The second-order valence-electron chi connectivity index (χ2n) is 3.55. The van der Waals surface area contributed by atoms with Crippen molar-refractivity contribution in [3.63, 3.8) is 0 Å². The summed E-state index contributed by atoms with van der Waals surface area (Å²) in [7, 11) is 1.96. The molecular formula is C9H12BrClN2. The maximum atomic E-state index is 6.09. The van der Waals surface area contributed by atoms with Crippen LogP contribution in [0.15, 0.2) is 6.20 Å². The van der Waals surface area contributed by atoms with E-state index >= 15 is 0 Å². The Morgan fingerprint density at radius 2 is 2.38 bits per heavy atom. The highest BCUT2D eigenvalue weighted by Crippen LogP contribution is 2.41. The zero-order valence-corrected chi connectivity index (χ0v) is 9.85. The Labute approximate surface area is 91.4 Å². The molecule has 0 aromatic carbocycles. The molecule has 1 heterocycles. The second-order valence-corrected chi connectivity index (χ2v) is 5.14. The van der Waals surface area contributed by atoms with Gasteiger partial charge in [0.25, 0.3) is 0 Å². The molecule has 0 saturated heterocycles. The van der Waals surface area contributed by atoms with E-state index < -0.39 is 0 Å². The Morgan fingerprint density at radius 3 is 2.85 bits per heavy atom. The Bertz CT molecular complexity index is 291. The monoisotopic (exact) mass is 262 g/mol. The van der Waals surface area contributed by atoms with Gasteiger partial charge < -0.3 is 0 Å². The summed E-state index contributed by atoms with van der Waals surface area (Å²) >= 11 is 9.78. The van der Waals surface area contributed by atoms with E-state index in [1.54, 1.807) is 6.20 Å². The molecule has 0 radical (unpaired) electrons. The van der Waals surface area contributed by atoms with E-state index in [1.165, 1.54) is 25.0 Å². The molecule has 2 atom stereocenters. The topological polar surface area (TPSA) is 17.8 Å². The number of nitrogens with zero attached hydrogens (tertiary/aromatic N) is 2. The van der Waals surface area contributed by atoms with Crippen LogP contribution in [0.2, 0.25) is 5.02 Å². The van der Waals surface area contributed by atoms with Crippen LogP contribution in [0.25, 0.3) is 0 Å². The van der Waals surface area contributed by atoms with Crippen molar-refractivity contribution < 1.29 is 0 Å². The van der Waals surface area contributed by atoms with Crippen molar-refractivity contribution in [3.05, 3.63) is 16.9 Å². The standard InChI is InChI=1S/C9H12BrClN2/c1-13-9(8(11)5-12-13)6-3-2-4-7(6)10/h5-7H,2-4H2,1H3. The smallest absolute Gasteiger partial charge is 0.0821 e. The molecule has 0 aliphatic heterocycles. The molecule has 2 unspecified atom stereocenters. The molecule has 2 nitrogen and oxygen atoms in total. The van der Waals surface area contributed by atoms with Crippen LogP contribution in [-0.4, -0.2) is 14.6 Å². The van der Waals surface area contributed by atoms with Crippen molar-refractivity contribution in [3.8, 4) is 0 Å². The molecule has 2 rings (SSSR count). The largest absolute Gasteiger partial charge is 0.271 e. The molecular weight excluding hydrogens is 251 g/mol. The fourth-order valence-electron chi connectivity index (χ4n) is 2.06. The summed E-state index contributed by atoms with van der Waals surface area (Å²) in [6.07, 6.45) is 5.47. The van der Waals surface area contributed by atoms with E-state index in [4.69, 9.17) is 11.6 Å². The molecule has 1 aliphatic carbocycles. The third kappa shape index (κ3) is 1.64. The van der Waals surface area contributed by atoms with E-state index in [2.05, 4.69) is 21.0 Å². The van der Waals surface area contributed by atoms with Crippen molar-refractivity contribution in [2.45, 2.75) is 30.0 Å². The third-order valence-electron chi connectivity index (χ3n) is 2.72. The Balaban J connectivity index is 2.33. The van der Waals surface area contributed by atoms with Gasteiger partial charge in [0.05, 0.1) is 16.9 Å². The number of halogens is 2. The van der Waals surface area contributed by atoms with Gasteiger partial charge in [-0.25, -0.2) is 0 Å². The van der Waals surface area contributed by atoms with Crippen molar-refractivity contribution in [1.82, 2.24) is 9.78 Å². The highest BCUT2D eigenvalue weighted by atomic mass is 79.9. The van der Waals surface area contributed by atoms with Gasteiger partial charge in [-0.2, -0.15) is 5.10 Å². The van der Waals surface area contributed by atoms with Crippen molar-refractivity contribution in [1.29, 1.82) is 0 Å².